The number of methoxy groups -OCH3 is 1. The minimum atomic E-state index is -0.137. The van der Waals surface area contributed by atoms with Gasteiger partial charge in [0.15, 0.2) is 10.6 Å². The van der Waals surface area contributed by atoms with Crippen LogP contribution in [-0.2, 0) is 17.9 Å². The summed E-state index contributed by atoms with van der Waals surface area (Å²) in [6, 6.07) is 11.4. The molecule has 0 spiro atoms. The SMILES string of the molecule is COc1ccc(-c2n[nH]c(=S)n2CC(=O)NCc2ccnc(N3CCCC3)c2)cc1. The molecule has 1 amide bonds. The molecule has 1 aliphatic rings. The number of aromatic amines is 1. The second-order valence-corrected chi connectivity index (χ2v) is 7.55. The number of ether oxygens (including phenoxy) is 1. The van der Waals surface area contributed by atoms with Crippen LogP contribution in [0.15, 0.2) is 42.6 Å². The average molecular weight is 425 g/mol. The predicted octanol–water partition coefficient (Wildman–Crippen LogP) is 2.93. The zero-order valence-corrected chi connectivity index (χ0v) is 17.6. The molecule has 1 fully saturated rings. The van der Waals surface area contributed by atoms with Crippen molar-refractivity contribution in [1.29, 1.82) is 0 Å². The van der Waals surface area contributed by atoms with Gasteiger partial charge in [0.2, 0.25) is 5.91 Å². The summed E-state index contributed by atoms with van der Waals surface area (Å²) >= 11 is 5.32. The lowest BCUT2D eigenvalue weighted by Gasteiger charge is -2.17. The summed E-state index contributed by atoms with van der Waals surface area (Å²) in [4.78, 5) is 19.3. The van der Waals surface area contributed by atoms with E-state index in [2.05, 4.69) is 25.4 Å². The summed E-state index contributed by atoms with van der Waals surface area (Å²) in [7, 11) is 1.62. The maximum absolute atomic E-state index is 12.6. The Hall–Kier alpha value is -3.20. The molecule has 0 unspecified atom stereocenters. The van der Waals surface area contributed by atoms with E-state index in [0.29, 0.717) is 17.1 Å². The Bertz CT molecular complexity index is 1070. The first-order chi connectivity index (χ1) is 14.6. The zero-order valence-electron chi connectivity index (χ0n) is 16.8. The molecular formula is C21H24N6O2S. The van der Waals surface area contributed by atoms with Crippen molar-refractivity contribution in [3.8, 4) is 17.1 Å². The van der Waals surface area contributed by atoms with Gasteiger partial charge in [-0.3, -0.25) is 14.5 Å². The van der Waals surface area contributed by atoms with Crippen molar-refractivity contribution >= 4 is 23.9 Å². The number of nitrogens with one attached hydrogen (secondary N) is 2. The van der Waals surface area contributed by atoms with E-state index in [9.17, 15) is 4.79 Å². The van der Waals surface area contributed by atoms with E-state index in [1.807, 2.05) is 36.4 Å². The van der Waals surface area contributed by atoms with E-state index in [0.717, 1.165) is 35.8 Å². The maximum atomic E-state index is 12.6. The van der Waals surface area contributed by atoms with Gasteiger partial charge in [-0.05, 0) is 67.0 Å². The summed E-state index contributed by atoms with van der Waals surface area (Å²) in [6.07, 6.45) is 4.19. The van der Waals surface area contributed by atoms with Crippen LogP contribution in [0.5, 0.6) is 5.75 Å². The van der Waals surface area contributed by atoms with Crippen LogP contribution in [0.25, 0.3) is 11.4 Å². The molecule has 3 heterocycles. The van der Waals surface area contributed by atoms with Gasteiger partial charge in [-0.25, -0.2) is 4.98 Å². The average Bonchev–Trinajstić information content (AvgIpc) is 3.44. The Labute approximate surface area is 179 Å². The number of pyridine rings is 1. The van der Waals surface area contributed by atoms with Crippen LogP contribution < -0.4 is 15.0 Å². The van der Waals surface area contributed by atoms with Crippen molar-refractivity contribution in [2.24, 2.45) is 0 Å². The molecule has 2 N–H and O–H groups in total. The summed E-state index contributed by atoms with van der Waals surface area (Å²) in [5, 5.41) is 10.0. The van der Waals surface area contributed by atoms with Gasteiger partial charge < -0.3 is 15.0 Å². The van der Waals surface area contributed by atoms with Gasteiger partial charge in [-0.1, -0.05) is 0 Å². The second kappa shape index (κ2) is 9.08. The molecule has 0 radical (unpaired) electrons. The molecule has 0 atom stereocenters. The van der Waals surface area contributed by atoms with Crippen LogP contribution in [-0.4, -0.2) is 45.9 Å². The molecule has 1 aliphatic heterocycles. The fourth-order valence-electron chi connectivity index (χ4n) is 3.51. The van der Waals surface area contributed by atoms with Crippen molar-refractivity contribution in [3.63, 3.8) is 0 Å². The van der Waals surface area contributed by atoms with Crippen LogP contribution in [0, 0.1) is 4.77 Å². The molecule has 2 aromatic heterocycles. The van der Waals surface area contributed by atoms with Crippen molar-refractivity contribution in [2.75, 3.05) is 25.1 Å². The Morgan fingerprint density at radius 1 is 1.23 bits per heavy atom. The molecule has 9 heteroatoms. The summed E-state index contributed by atoms with van der Waals surface area (Å²) < 4.78 is 7.28. The summed E-state index contributed by atoms with van der Waals surface area (Å²) in [5.74, 6) is 2.20. The third-order valence-electron chi connectivity index (χ3n) is 5.14. The first-order valence-electron chi connectivity index (χ1n) is 9.90. The van der Waals surface area contributed by atoms with Crippen LogP contribution >= 0.6 is 12.2 Å². The fourth-order valence-corrected chi connectivity index (χ4v) is 3.71. The number of H-pyrrole nitrogens is 1. The third kappa shape index (κ3) is 4.51. The van der Waals surface area contributed by atoms with Gasteiger partial charge in [0.05, 0.1) is 7.11 Å². The minimum Gasteiger partial charge on any atom is -0.497 e. The molecule has 30 heavy (non-hydrogen) atoms. The topological polar surface area (TPSA) is 88.1 Å². The standard InChI is InChI=1S/C21H24N6O2S/c1-29-17-6-4-16(5-7-17)20-24-25-21(30)27(20)14-19(28)23-13-15-8-9-22-18(12-15)26-10-2-3-11-26/h4-9,12H,2-3,10-11,13-14H2,1H3,(H,23,28)(H,25,30). The second-order valence-electron chi connectivity index (χ2n) is 7.16. The summed E-state index contributed by atoms with van der Waals surface area (Å²) in [6.45, 7) is 2.59. The van der Waals surface area contributed by atoms with E-state index in [1.165, 1.54) is 12.8 Å². The number of hydrogen-bond acceptors (Lipinski definition) is 6. The lowest BCUT2D eigenvalue weighted by molar-refractivity contribution is -0.121. The Morgan fingerprint density at radius 3 is 2.73 bits per heavy atom. The first-order valence-corrected chi connectivity index (χ1v) is 10.3. The van der Waals surface area contributed by atoms with E-state index in [4.69, 9.17) is 17.0 Å². The highest BCUT2D eigenvalue weighted by Crippen LogP contribution is 2.21. The van der Waals surface area contributed by atoms with Crippen LogP contribution in [0.4, 0.5) is 5.82 Å². The van der Waals surface area contributed by atoms with Crippen molar-refractivity contribution in [2.45, 2.75) is 25.9 Å². The number of hydrogen-bond donors (Lipinski definition) is 2. The number of carbonyl (C=O) groups excluding carboxylic acids is 1. The molecule has 1 aromatic carbocycles. The molecule has 0 aliphatic carbocycles. The summed E-state index contributed by atoms with van der Waals surface area (Å²) in [5.41, 5.74) is 1.87. The molecule has 1 saturated heterocycles. The molecule has 8 nitrogen and oxygen atoms in total. The largest absolute Gasteiger partial charge is 0.497 e. The number of carbonyl (C=O) groups is 1. The molecule has 3 aromatic rings. The lowest BCUT2D eigenvalue weighted by atomic mass is 10.2. The van der Waals surface area contributed by atoms with E-state index in [1.54, 1.807) is 17.9 Å². The highest BCUT2D eigenvalue weighted by molar-refractivity contribution is 7.71. The van der Waals surface area contributed by atoms with Gasteiger partial charge in [-0.2, -0.15) is 5.10 Å². The molecule has 0 bridgehead atoms. The van der Waals surface area contributed by atoms with Gasteiger partial charge in [0.25, 0.3) is 0 Å². The highest BCUT2D eigenvalue weighted by Gasteiger charge is 2.15. The molecule has 4 rings (SSSR count). The van der Waals surface area contributed by atoms with Crippen molar-refractivity contribution in [3.05, 3.63) is 52.9 Å². The molecule has 156 valence electrons. The van der Waals surface area contributed by atoms with Gasteiger partial charge in [-0.15, -0.1) is 0 Å². The van der Waals surface area contributed by atoms with Crippen molar-refractivity contribution < 1.29 is 9.53 Å². The van der Waals surface area contributed by atoms with E-state index in [-0.39, 0.29) is 12.5 Å². The van der Waals surface area contributed by atoms with Crippen LogP contribution in [0.1, 0.15) is 18.4 Å². The molecular weight excluding hydrogens is 400 g/mol. The maximum Gasteiger partial charge on any atom is 0.240 e. The van der Waals surface area contributed by atoms with Crippen LogP contribution in [0.2, 0.25) is 0 Å². The highest BCUT2D eigenvalue weighted by atomic mass is 32.1. The number of benzene rings is 1. The van der Waals surface area contributed by atoms with Crippen LogP contribution in [0.3, 0.4) is 0 Å². The normalized spacial score (nSPS) is 13.4. The smallest absolute Gasteiger partial charge is 0.240 e. The number of anilines is 1. The van der Waals surface area contributed by atoms with Crippen molar-refractivity contribution in [1.82, 2.24) is 25.1 Å². The predicted molar refractivity (Wildman–Crippen MR) is 117 cm³/mol. The van der Waals surface area contributed by atoms with Gasteiger partial charge in [0, 0.05) is 31.4 Å². The minimum absolute atomic E-state index is 0.0841. The number of nitrogens with zero attached hydrogens (tertiary/aromatic N) is 4. The number of amides is 1. The van der Waals surface area contributed by atoms with Gasteiger partial charge in [0.1, 0.15) is 18.1 Å². The first kappa shape index (κ1) is 20.1. The van der Waals surface area contributed by atoms with E-state index >= 15 is 0 Å². The van der Waals surface area contributed by atoms with Gasteiger partial charge >= 0.3 is 0 Å². The fraction of sp³-hybridized carbons (Fsp3) is 0.333. The number of aromatic nitrogens is 4. The third-order valence-corrected chi connectivity index (χ3v) is 5.45. The lowest BCUT2D eigenvalue weighted by Crippen LogP contribution is -2.27. The Kier molecular flexibility index (Phi) is 6.08. The zero-order chi connectivity index (χ0) is 20.9. The molecule has 0 saturated carbocycles. The monoisotopic (exact) mass is 424 g/mol. The number of rotatable bonds is 7. The van der Waals surface area contributed by atoms with E-state index < -0.39 is 0 Å². The Morgan fingerprint density at radius 2 is 2.00 bits per heavy atom. The quantitative estimate of drug-likeness (QED) is 0.567. The Balaban J connectivity index is 1.42.